The summed E-state index contributed by atoms with van der Waals surface area (Å²) in [6, 6.07) is 0. The van der Waals surface area contributed by atoms with Crippen LogP contribution >= 0.6 is 0 Å². The van der Waals surface area contributed by atoms with Gasteiger partial charge in [-0.1, -0.05) is 0 Å². The zero-order valence-corrected chi connectivity index (χ0v) is 41.6. The Balaban J connectivity index is 0. The zero-order chi connectivity index (χ0) is 0. The molecule has 0 aromatic carbocycles. The second-order valence-corrected chi connectivity index (χ2v) is 0. The number of halogens is 36. The molecule has 0 radical (unpaired) electrons. The number of hydrogen-bond donors (Lipinski definition) is 0. The van der Waals surface area contributed by atoms with Gasteiger partial charge in [0.2, 0.25) is 0 Å². The van der Waals surface area contributed by atoms with Crippen LogP contribution in [0.25, 0.3) is 0 Å². The molecule has 0 bridgehead atoms. The first kappa shape index (κ1) is 6390. The van der Waals surface area contributed by atoms with E-state index in [1.165, 1.54) is 0 Å². The Bertz CT molecular complexity index is 24.9. The molecule has 0 aromatic rings. The van der Waals surface area contributed by atoms with Crippen LogP contribution in [0.1, 0.15) is 0 Å². The first-order chi connectivity index (χ1) is 0. The maximum absolute atomic E-state index is 0. The van der Waals surface area contributed by atoms with E-state index in [1.807, 2.05) is 0 Å². The monoisotopic (exact) mass is 2110 g/mol. The van der Waals surface area contributed by atoms with E-state index >= 15 is 0 Å². The van der Waals surface area contributed by atoms with Gasteiger partial charge in [0, 0.05) is 187 Å². The van der Waals surface area contributed by atoms with Crippen molar-refractivity contribution in [2.24, 2.45) is 0 Å². The molecule has 0 saturated heterocycles. The molecule has 0 nitrogen and oxygen atoms in total. The third-order valence-electron chi connectivity index (χ3n) is 0. The fourth-order valence-corrected chi connectivity index (χ4v) is 0. The van der Waals surface area contributed by atoms with E-state index in [4.69, 9.17) is 0 Å². The van der Waals surface area contributed by atoms with Crippen LogP contribution in [0.5, 0.6) is 0 Å². The topological polar surface area (TPSA) is 0 Å². The number of hydrogen-bond acceptors (Lipinski definition) is 0. The Morgan fingerprint density at radius 1 is 0.0476 bits per heavy atom. The quantitative estimate of drug-likeness (QED) is 0.212. The van der Waals surface area contributed by atoms with Gasteiger partial charge in [-0.25, -0.2) is 0 Å². The summed E-state index contributed by atoms with van der Waals surface area (Å²) in [6.07, 6.45) is 0. The Morgan fingerprint density at radius 3 is 0.0476 bits per heavy atom. The van der Waals surface area contributed by atoms with E-state index in [0.29, 0.717) is 0 Å². The molecule has 0 amide bonds. The van der Waals surface area contributed by atoms with Gasteiger partial charge in [0.1, 0.15) is 0 Å². The van der Waals surface area contributed by atoms with Crippen LogP contribution in [0.15, 0.2) is 0 Å². The summed E-state index contributed by atoms with van der Waals surface area (Å²) in [4.78, 5) is 0. The van der Waals surface area contributed by atoms with Crippen LogP contribution in [0.4, 0.5) is 0 Å². The van der Waals surface area contributed by atoms with Crippen LogP contribution < -0.4 is 169 Å². The number of rotatable bonds is 0. The standard InChI is InChI=1S/36FH.6U/h36*1H;;;;;;/p-36. The van der Waals surface area contributed by atoms with Gasteiger partial charge >= 0.3 is 0 Å². The predicted molar refractivity (Wildman–Crippen MR) is 0 cm³/mol. The molecule has 0 aliphatic rings. The van der Waals surface area contributed by atoms with Gasteiger partial charge < -0.3 is 169 Å². The van der Waals surface area contributed by atoms with Crippen LogP contribution in [0.2, 0.25) is 0 Å². The van der Waals surface area contributed by atoms with Crippen molar-refractivity contribution in [1.82, 2.24) is 0 Å². The molecule has 0 fully saturated rings. The van der Waals surface area contributed by atoms with Crippen molar-refractivity contribution < 1.29 is 356 Å². The largest absolute Gasteiger partial charge is 1.00 e. The van der Waals surface area contributed by atoms with Crippen molar-refractivity contribution >= 4 is 0 Å². The summed E-state index contributed by atoms with van der Waals surface area (Å²) >= 11 is 0. The Hall–Kier alpha value is 3.79. The van der Waals surface area contributed by atoms with Gasteiger partial charge in [0.05, 0.1) is 0 Å². The fourth-order valence-electron chi connectivity index (χ4n) is 0. The summed E-state index contributed by atoms with van der Waals surface area (Å²) < 4.78 is 0. The van der Waals surface area contributed by atoms with Crippen molar-refractivity contribution in [2.75, 3.05) is 0 Å². The summed E-state index contributed by atoms with van der Waals surface area (Å²) in [6.45, 7) is 0. The molecule has 312 valence electrons. The van der Waals surface area contributed by atoms with Gasteiger partial charge in [-0.15, -0.1) is 0 Å². The molecule has 0 unspecified atom stereocenters. The minimum Gasteiger partial charge on any atom is -1.00 e. The Labute approximate surface area is 351 Å². The second-order valence-electron chi connectivity index (χ2n) is 0. The van der Waals surface area contributed by atoms with E-state index in [9.17, 15) is 0 Å². The van der Waals surface area contributed by atoms with Crippen LogP contribution in [-0.2, 0) is 0 Å². The normalized spacial score (nSPS) is 0. The van der Waals surface area contributed by atoms with Gasteiger partial charge in [-0.2, -0.15) is 0 Å². The molecule has 0 rings (SSSR count). The molecular formula is F36U6-36. The molecule has 0 saturated carbocycles. The van der Waals surface area contributed by atoms with E-state index in [1.54, 1.807) is 0 Å². The molecule has 0 aromatic heterocycles. The van der Waals surface area contributed by atoms with E-state index in [2.05, 4.69) is 0 Å². The van der Waals surface area contributed by atoms with Gasteiger partial charge in [0.15, 0.2) is 0 Å². The first-order valence-corrected chi connectivity index (χ1v) is 0. The average molecular weight is 2110 g/mol. The summed E-state index contributed by atoms with van der Waals surface area (Å²) in [7, 11) is 0. The summed E-state index contributed by atoms with van der Waals surface area (Å²) in [5.74, 6) is 0. The van der Waals surface area contributed by atoms with Crippen molar-refractivity contribution in [1.29, 1.82) is 0 Å². The summed E-state index contributed by atoms with van der Waals surface area (Å²) in [5, 5.41) is 0. The van der Waals surface area contributed by atoms with Gasteiger partial charge in [0.25, 0.3) is 0 Å². The van der Waals surface area contributed by atoms with E-state index < -0.39 is 0 Å². The maximum Gasteiger partial charge on any atom is 0 e. The molecule has 0 aliphatic heterocycles. The first-order valence-electron chi connectivity index (χ1n) is 0. The average Bonchev–Trinajstić information content (AvgIpc) is 0. The third-order valence-corrected chi connectivity index (χ3v) is 0. The Morgan fingerprint density at radius 2 is 0.0476 bits per heavy atom. The van der Waals surface area contributed by atoms with Gasteiger partial charge in [-0.05, 0) is 0 Å². The fraction of sp³-hybridized carbons (Fsp3) is 0. The molecule has 0 heterocycles. The predicted octanol–water partition coefficient (Wildman–Crippen LogP) is -108. The van der Waals surface area contributed by atoms with Crippen LogP contribution in [0, 0.1) is 187 Å². The minimum atomic E-state index is 0. The molecule has 0 atom stereocenters. The Kier molecular flexibility index (Phi) is 909000. The van der Waals surface area contributed by atoms with Crippen molar-refractivity contribution in [3.63, 3.8) is 0 Å². The molecule has 42 heavy (non-hydrogen) atoms. The van der Waals surface area contributed by atoms with Crippen LogP contribution in [-0.4, -0.2) is 0 Å². The van der Waals surface area contributed by atoms with Crippen molar-refractivity contribution in [2.45, 2.75) is 0 Å². The zero-order valence-electron chi connectivity index (χ0n) is 16.6. The van der Waals surface area contributed by atoms with Crippen LogP contribution in [0.3, 0.4) is 0 Å². The van der Waals surface area contributed by atoms with Gasteiger partial charge in [-0.3, -0.25) is 0 Å². The molecule has 0 N–H and O–H groups in total. The minimum absolute atomic E-state index is 0. The second kappa shape index (κ2) is 5970. The van der Waals surface area contributed by atoms with E-state index in [-0.39, 0.29) is 356 Å². The maximum atomic E-state index is 0. The third kappa shape index (κ3) is 5580. The molecular weight excluding hydrogens is 2110 g/mol. The molecule has 0 spiro atoms. The summed E-state index contributed by atoms with van der Waals surface area (Å²) in [5.41, 5.74) is 0. The van der Waals surface area contributed by atoms with E-state index in [0.717, 1.165) is 0 Å². The van der Waals surface area contributed by atoms with Crippen molar-refractivity contribution in [3.05, 3.63) is 0 Å². The smallest absolute Gasteiger partial charge is 0 e. The van der Waals surface area contributed by atoms with Crippen molar-refractivity contribution in [3.8, 4) is 0 Å². The molecule has 0 aliphatic carbocycles. The molecule has 42 heteroatoms. The SMILES string of the molecule is [F-].[F-].[F-].[F-].[F-].[F-].[F-].[F-].[F-].[F-].[F-].[F-].[F-].[F-].[F-].[F-].[F-].[F-].[F-].[F-].[F-].[F-].[F-].[F-].[F-].[F-].[F-].[F-].[F-].[F-].[F-].[F-].[F-].[F-].[F-].[F-].[U].[U].[U].[U].[U].[U].